The molecule has 1 fully saturated rings. The van der Waals surface area contributed by atoms with Crippen molar-refractivity contribution in [2.24, 2.45) is 5.92 Å². The summed E-state index contributed by atoms with van der Waals surface area (Å²) in [5.74, 6) is -0.424. The minimum Gasteiger partial charge on any atom is -0.496 e. The van der Waals surface area contributed by atoms with Gasteiger partial charge in [-0.25, -0.2) is 4.79 Å². The third-order valence-corrected chi connectivity index (χ3v) is 4.67. The van der Waals surface area contributed by atoms with E-state index in [2.05, 4.69) is 40.1 Å². The van der Waals surface area contributed by atoms with Gasteiger partial charge in [-0.3, -0.25) is 4.79 Å². The molecule has 6 nitrogen and oxygen atoms in total. The Labute approximate surface area is 156 Å². The molecular formula is C18H23BrN2O4. The summed E-state index contributed by atoms with van der Waals surface area (Å²) in [5, 5.41) is 5.35. The topological polar surface area (TPSA) is 76.7 Å². The van der Waals surface area contributed by atoms with Crippen molar-refractivity contribution in [3.63, 3.8) is 0 Å². The van der Waals surface area contributed by atoms with Crippen molar-refractivity contribution in [1.29, 1.82) is 0 Å². The summed E-state index contributed by atoms with van der Waals surface area (Å²) < 4.78 is 11.3. The Balaban J connectivity index is 2.21. The lowest BCUT2D eigenvalue weighted by Crippen LogP contribution is -2.51. The Bertz CT molecular complexity index is 662. The number of methoxy groups -OCH3 is 1. The van der Waals surface area contributed by atoms with Gasteiger partial charge < -0.3 is 20.1 Å². The molecule has 2 atom stereocenters. The SMILES string of the molecule is C=C1NC(=O)N[C@H](c2ccc(OC)c(Br)c2)[C@H]1C(=O)OCCCCC. The predicted octanol–water partition coefficient (Wildman–Crippen LogP) is 3.67. The van der Waals surface area contributed by atoms with Gasteiger partial charge in [0.15, 0.2) is 0 Å². The zero-order valence-electron chi connectivity index (χ0n) is 14.4. The van der Waals surface area contributed by atoms with Gasteiger partial charge in [0.05, 0.1) is 24.2 Å². The molecule has 1 aromatic rings. The average Bonchev–Trinajstić information content (AvgIpc) is 2.57. The fraction of sp³-hybridized carbons (Fsp3) is 0.444. The zero-order chi connectivity index (χ0) is 18.4. The van der Waals surface area contributed by atoms with Gasteiger partial charge in [0, 0.05) is 5.70 Å². The van der Waals surface area contributed by atoms with Gasteiger partial charge in [0.2, 0.25) is 0 Å². The molecule has 1 heterocycles. The number of benzene rings is 1. The van der Waals surface area contributed by atoms with Crippen LogP contribution in [0.4, 0.5) is 4.79 Å². The van der Waals surface area contributed by atoms with Crippen LogP contribution < -0.4 is 15.4 Å². The van der Waals surface area contributed by atoms with Crippen molar-refractivity contribution in [1.82, 2.24) is 10.6 Å². The highest BCUT2D eigenvalue weighted by atomic mass is 79.9. The molecule has 1 aromatic carbocycles. The highest BCUT2D eigenvalue weighted by molar-refractivity contribution is 9.10. The highest BCUT2D eigenvalue weighted by Gasteiger charge is 2.39. The average molecular weight is 411 g/mol. The van der Waals surface area contributed by atoms with E-state index in [9.17, 15) is 9.59 Å². The lowest BCUT2D eigenvalue weighted by Gasteiger charge is -2.33. The highest BCUT2D eigenvalue weighted by Crippen LogP contribution is 2.34. The van der Waals surface area contributed by atoms with Crippen LogP contribution in [-0.4, -0.2) is 25.7 Å². The monoisotopic (exact) mass is 410 g/mol. The van der Waals surface area contributed by atoms with Crippen molar-refractivity contribution in [3.05, 3.63) is 40.5 Å². The summed E-state index contributed by atoms with van der Waals surface area (Å²) in [6, 6.07) is 4.46. The van der Waals surface area contributed by atoms with E-state index >= 15 is 0 Å². The van der Waals surface area contributed by atoms with Gasteiger partial charge in [-0.15, -0.1) is 0 Å². The van der Waals surface area contributed by atoms with Gasteiger partial charge in [0.25, 0.3) is 0 Å². The lowest BCUT2D eigenvalue weighted by molar-refractivity contribution is -0.148. The first kappa shape index (κ1) is 19.3. The van der Waals surface area contributed by atoms with Gasteiger partial charge in [-0.2, -0.15) is 0 Å². The fourth-order valence-corrected chi connectivity index (χ4v) is 3.29. The number of carbonyl (C=O) groups excluding carboxylic acids is 2. The smallest absolute Gasteiger partial charge is 0.319 e. The molecule has 25 heavy (non-hydrogen) atoms. The van der Waals surface area contributed by atoms with Crippen molar-refractivity contribution < 1.29 is 19.1 Å². The molecule has 1 aliphatic rings. The summed E-state index contributed by atoms with van der Waals surface area (Å²) in [6.45, 7) is 6.28. The molecule has 136 valence electrons. The minimum absolute atomic E-state index is 0.334. The number of amides is 2. The number of nitrogens with one attached hydrogen (secondary N) is 2. The predicted molar refractivity (Wildman–Crippen MR) is 98.2 cm³/mol. The van der Waals surface area contributed by atoms with Gasteiger partial charge >= 0.3 is 12.0 Å². The number of rotatable bonds is 7. The molecule has 1 aliphatic heterocycles. The van der Waals surface area contributed by atoms with Crippen LogP contribution in [0.1, 0.15) is 37.8 Å². The number of ether oxygens (including phenoxy) is 2. The first-order chi connectivity index (χ1) is 12.0. The number of carbonyl (C=O) groups is 2. The van der Waals surface area contributed by atoms with Crippen molar-refractivity contribution in [2.45, 2.75) is 32.2 Å². The molecule has 0 radical (unpaired) electrons. The van der Waals surface area contributed by atoms with Gasteiger partial charge in [-0.05, 0) is 40.0 Å². The van der Waals surface area contributed by atoms with Crippen molar-refractivity contribution in [2.75, 3.05) is 13.7 Å². The molecule has 0 aromatic heterocycles. The summed E-state index contributed by atoms with van der Waals surface area (Å²) in [6.07, 6.45) is 2.87. The van der Waals surface area contributed by atoms with E-state index in [1.54, 1.807) is 13.2 Å². The molecule has 0 bridgehead atoms. The maximum absolute atomic E-state index is 12.6. The maximum Gasteiger partial charge on any atom is 0.319 e. The largest absolute Gasteiger partial charge is 0.496 e. The molecule has 7 heteroatoms. The number of esters is 1. The lowest BCUT2D eigenvalue weighted by atomic mass is 9.89. The number of halogens is 1. The first-order valence-corrected chi connectivity index (χ1v) is 9.03. The second kappa shape index (κ2) is 8.89. The second-order valence-corrected chi connectivity index (χ2v) is 6.70. The van der Waals surface area contributed by atoms with E-state index in [0.717, 1.165) is 29.3 Å². The summed E-state index contributed by atoms with van der Waals surface area (Å²) in [5.41, 5.74) is 1.10. The molecule has 0 aliphatic carbocycles. The third kappa shape index (κ3) is 4.75. The van der Waals surface area contributed by atoms with Gasteiger partial charge in [0.1, 0.15) is 11.7 Å². The van der Waals surface area contributed by atoms with Crippen LogP contribution in [0.25, 0.3) is 0 Å². The Morgan fingerprint density at radius 1 is 1.36 bits per heavy atom. The minimum atomic E-state index is -0.695. The molecule has 2 N–H and O–H groups in total. The van der Waals surface area contributed by atoms with E-state index < -0.39 is 24.0 Å². The second-order valence-electron chi connectivity index (χ2n) is 5.85. The molecule has 0 spiro atoms. The first-order valence-electron chi connectivity index (χ1n) is 8.24. The summed E-state index contributed by atoms with van der Waals surface area (Å²) >= 11 is 3.43. The van der Waals surface area contributed by atoms with Crippen LogP contribution in [0.15, 0.2) is 34.9 Å². The quantitative estimate of drug-likeness (QED) is 0.530. The van der Waals surface area contributed by atoms with E-state index in [1.165, 1.54) is 0 Å². The maximum atomic E-state index is 12.6. The fourth-order valence-electron chi connectivity index (χ4n) is 2.73. The third-order valence-electron chi connectivity index (χ3n) is 4.05. The van der Waals surface area contributed by atoms with Crippen molar-refractivity contribution >= 4 is 27.9 Å². The zero-order valence-corrected chi connectivity index (χ0v) is 16.0. The number of hydrogen-bond donors (Lipinski definition) is 2. The number of unbranched alkanes of at least 4 members (excludes halogenated alkanes) is 2. The normalized spacial score (nSPS) is 19.8. The summed E-state index contributed by atoms with van der Waals surface area (Å²) in [4.78, 5) is 24.4. The Morgan fingerprint density at radius 2 is 2.12 bits per heavy atom. The summed E-state index contributed by atoms with van der Waals surface area (Å²) in [7, 11) is 1.57. The van der Waals surface area contributed by atoms with Gasteiger partial charge in [-0.1, -0.05) is 32.4 Å². The molecular weight excluding hydrogens is 388 g/mol. The van der Waals surface area contributed by atoms with E-state index in [1.807, 2.05) is 12.1 Å². The standard InChI is InChI=1S/C18H23BrN2O4/c1-4-5-6-9-25-17(22)15-11(2)20-18(23)21-16(15)12-7-8-14(24-3)13(19)10-12/h7-8,10,15-16H,2,4-6,9H2,1,3H3,(H2,20,21,23)/t15-,16+/m0/s1. The molecule has 0 saturated carbocycles. The Morgan fingerprint density at radius 3 is 2.76 bits per heavy atom. The van der Waals surface area contributed by atoms with Crippen LogP contribution in [0, 0.1) is 5.92 Å². The number of hydrogen-bond acceptors (Lipinski definition) is 4. The van der Waals surface area contributed by atoms with Crippen LogP contribution in [-0.2, 0) is 9.53 Å². The molecule has 1 saturated heterocycles. The molecule has 0 unspecified atom stereocenters. The Kier molecular flexibility index (Phi) is 6.87. The van der Waals surface area contributed by atoms with Crippen LogP contribution in [0.3, 0.4) is 0 Å². The van der Waals surface area contributed by atoms with E-state index in [-0.39, 0.29) is 0 Å². The molecule has 2 rings (SSSR count). The van der Waals surface area contributed by atoms with Crippen molar-refractivity contribution in [3.8, 4) is 5.75 Å². The number of urea groups is 1. The van der Waals surface area contributed by atoms with E-state index in [0.29, 0.717) is 18.1 Å². The molecule has 2 amide bonds. The van der Waals surface area contributed by atoms with Crippen LogP contribution >= 0.6 is 15.9 Å². The van der Waals surface area contributed by atoms with Crippen LogP contribution in [0.2, 0.25) is 0 Å². The van der Waals surface area contributed by atoms with E-state index in [4.69, 9.17) is 9.47 Å². The Hall–Kier alpha value is -2.02. The van der Waals surface area contributed by atoms with Crippen LogP contribution in [0.5, 0.6) is 5.75 Å².